The van der Waals surface area contributed by atoms with Crippen molar-refractivity contribution in [1.82, 2.24) is 15.5 Å². The first-order valence-electron chi connectivity index (χ1n) is 7.45. The van der Waals surface area contributed by atoms with E-state index in [1.165, 1.54) is 32.1 Å². The van der Waals surface area contributed by atoms with E-state index in [0.29, 0.717) is 12.6 Å². The first kappa shape index (κ1) is 13.8. The number of nitrogens with one attached hydrogen (secondary N) is 2. The number of hydrogen-bond acceptors (Lipinski definition) is 3. The van der Waals surface area contributed by atoms with Crippen LogP contribution in [0.4, 0.5) is 0 Å². The maximum atomic E-state index is 11.9. The van der Waals surface area contributed by atoms with Crippen LogP contribution in [0.2, 0.25) is 0 Å². The molecule has 0 aromatic rings. The van der Waals surface area contributed by atoms with Crippen LogP contribution in [0.3, 0.4) is 0 Å². The minimum Gasteiger partial charge on any atom is -0.355 e. The van der Waals surface area contributed by atoms with Crippen molar-refractivity contribution in [2.45, 2.75) is 44.6 Å². The minimum atomic E-state index is 0.221. The first-order valence-corrected chi connectivity index (χ1v) is 7.45. The zero-order valence-corrected chi connectivity index (χ0v) is 11.6. The van der Waals surface area contributed by atoms with Crippen LogP contribution in [0.5, 0.6) is 0 Å². The molecule has 1 heterocycles. The summed E-state index contributed by atoms with van der Waals surface area (Å²) in [7, 11) is 2.00. The molecule has 104 valence electrons. The number of piperidine rings is 1. The Labute approximate surface area is 110 Å². The summed E-state index contributed by atoms with van der Waals surface area (Å²) in [6.45, 7) is 3.63. The molecule has 0 aromatic carbocycles. The lowest BCUT2D eigenvalue weighted by Gasteiger charge is -2.35. The second-order valence-electron chi connectivity index (χ2n) is 5.76. The maximum Gasteiger partial charge on any atom is 0.234 e. The number of hydrogen-bond donors (Lipinski definition) is 2. The summed E-state index contributed by atoms with van der Waals surface area (Å²) < 4.78 is 0. The molecule has 0 bridgehead atoms. The number of amides is 1. The molecular formula is C14H27N3O. The van der Waals surface area contributed by atoms with E-state index in [0.717, 1.165) is 32.0 Å². The monoisotopic (exact) mass is 253 g/mol. The normalized spacial score (nSPS) is 25.1. The molecule has 1 aliphatic carbocycles. The van der Waals surface area contributed by atoms with Crippen LogP contribution in [-0.4, -0.2) is 50.1 Å². The largest absolute Gasteiger partial charge is 0.355 e. The average Bonchev–Trinajstić information content (AvgIpc) is 3.19. The molecule has 1 aliphatic heterocycles. The van der Waals surface area contributed by atoms with Crippen LogP contribution in [0.15, 0.2) is 0 Å². The highest BCUT2D eigenvalue weighted by atomic mass is 16.2. The van der Waals surface area contributed by atoms with Crippen molar-refractivity contribution in [1.29, 1.82) is 0 Å². The van der Waals surface area contributed by atoms with Crippen LogP contribution < -0.4 is 10.6 Å². The van der Waals surface area contributed by atoms with Crippen LogP contribution >= 0.6 is 0 Å². The predicted octanol–water partition coefficient (Wildman–Crippen LogP) is 0.977. The van der Waals surface area contributed by atoms with E-state index in [2.05, 4.69) is 15.5 Å². The number of likely N-dealkylation sites (tertiary alicyclic amines) is 1. The Balaban J connectivity index is 1.70. The summed E-state index contributed by atoms with van der Waals surface area (Å²) in [6.07, 6.45) is 7.56. The summed E-state index contributed by atoms with van der Waals surface area (Å²) >= 11 is 0. The van der Waals surface area contributed by atoms with Crippen LogP contribution in [0.1, 0.15) is 38.5 Å². The Morgan fingerprint density at radius 3 is 2.83 bits per heavy atom. The lowest BCUT2D eigenvalue weighted by atomic mass is 9.99. The van der Waals surface area contributed by atoms with Gasteiger partial charge < -0.3 is 10.6 Å². The minimum absolute atomic E-state index is 0.221. The molecule has 0 spiro atoms. The van der Waals surface area contributed by atoms with Gasteiger partial charge in [0.15, 0.2) is 0 Å². The Hall–Kier alpha value is -0.610. The van der Waals surface area contributed by atoms with Gasteiger partial charge in [0.1, 0.15) is 0 Å². The Kier molecular flexibility index (Phi) is 5.45. The number of nitrogens with zero attached hydrogens (tertiary/aromatic N) is 1. The molecule has 2 rings (SSSR count). The fourth-order valence-corrected chi connectivity index (χ4v) is 2.73. The van der Waals surface area contributed by atoms with Gasteiger partial charge in [-0.05, 0) is 58.2 Å². The number of carbonyl (C=O) groups excluding carboxylic acids is 1. The summed E-state index contributed by atoms with van der Waals surface area (Å²) in [4.78, 5) is 14.3. The maximum absolute atomic E-state index is 11.9. The van der Waals surface area contributed by atoms with Crippen molar-refractivity contribution in [3.8, 4) is 0 Å². The van der Waals surface area contributed by atoms with Crippen LogP contribution in [0, 0.1) is 5.92 Å². The number of rotatable bonds is 7. The molecule has 18 heavy (non-hydrogen) atoms. The third kappa shape index (κ3) is 4.58. The standard InChI is InChI=1S/C14H27N3O/c1-15-8-7-13-4-2-3-9-17(13)11-14(18)16-10-12-5-6-12/h12-13,15H,2-11H2,1H3,(H,16,18). The van der Waals surface area contributed by atoms with Gasteiger partial charge in [-0.1, -0.05) is 6.42 Å². The second-order valence-corrected chi connectivity index (χ2v) is 5.76. The van der Waals surface area contributed by atoms with Gasteiger partial charge in [-0.3, -0.25) is 9.69 Å². The van der Waals surface area contributed by atoms with Crippen molar-refractivity contribution in [3.05, 3.63) is 0 Å². The Bertz CT molecular complexity index is 266. The van der Waals surface area contributed by atoms with E-state index in [1.54, 1.807) is 0 Å². The van der Waals surface area contributed by atoms with Gasteiger partial charge in [-0.25, -0.2) is 0 Å². The lowest BCUT2D eigenvalue weighted by Crippen LogP contribution is -2.46. The fourth-order valence-electron chi connectivity index (χ4n) is 2.73. The summed E-state index contributed by atoms with van der Waals surface area (Å²) in [5.74, 6) is 0.994. The zero-order valence-electron chi connectivity index (χ0n) is 11.6. The van der Waals surface area contributed by atoms with Gasteiger partial charge in [0, 0.05) is 12.6 Å². The van der Waals surface area contributed by atoms with Crippen LogP contribution in [0.25, 0.3) is 0 Å². The summed E-state index contributed by atoms with van der Waals surface area (Å²) in [5, 5.41) is 6.28. The van der Waals surface area contributed by atoms with Gasteiger partial charge >= 0.3 is 0 Å². The highest BCUT2D eigenvalue weighted by Gasteiger charge is 2.25. The van der Waals surface area contributed by atoms with Gasteiger partial charge in [0.2, 0.25) is 5.91 Å². The fraction of sp³-hybridized carbons (Fsp3) is 0.929. The van der Waals surface area contributed by atoms with E-state index in [-0.39, 0.29) is 5.91 Å². The Morgan fingerprint density at radius 1 is 1.28 bits per heavy atom. The summed E-state index contributed by atoms with van der Waals surface area (Å²) in [6, 6.07) is 0.595. The first-order chi connectivity index (χ1) is 8.79. The van der Waals surface area contributed by atoms with Crippen molar-refractivity contribution < 1.29 is 4.79 Å². The van der Waals surface area contributed by atoms with E-state index in [9.17, 15) is 4.79 Å². The second kappa shape index (κ2) is 7.10. The van der Waals surface area contributed by atoms with Gasteiger partial charge in [-0.2, -0.15) is 0 Å². The van der Waals surface area contributed by atoms with Gasteiger partial charge in [0.25, 0.3) is 0 Å². The highest BCUT2D eigenvalue weighted by Crippen LogP contribution is 2.27. The predicted molar refractivity (Wildman–Crippen MR) is 73.5 cm³/mol. The van der Waals surface area contributed by atoms with Crippen molar-refractivity contribution in [2.75, 3.05) is 33.2 Å². The molecule has 1 amide bonds. The van der Waals surface area contributed by atoms with E-state index in [1.807, 2.05) is 7.05 Å². The van der Waals surface area contributed by atoms with Crippen molar-refractivity contribution >= 4 is 5.91 Å². The molecule has 0 radical (unpaired) electrons. The lowest BCUT2D eigenvalue weighted by molar-refractivity contribution is -0.123. The van der Waals surface area contributed by atoms with Gasteiger partial charge in [-0.15, -0.1) is 0 Å². The molecule has 4 nitrogen and oxygen atoms in total. The molecule has 2 fully saturated rings. The highest BCUT2D eigenvalue weighted by molar-refractivity contribution is 5.78. The topological polar surface area (TPSA) is 44.4 Å². The molecule has 0 aromatic heterocycles. The number of carbonyl (C=O) groups is 1. The van der Waals surface area contributed by atoms with E-state index < -0.39 is 0 Å². The van der Waals surface area contributed by atoms with Crippen LogP contribution in [-0.2, 0) is 4.79 Å². The van der Waals surface area contributed by atoms with E-state index in [4.69, 9.17) is 0 Å². The molecule has 1 saturated carbocycles. The van der Waals surface area contributed by atoms with Gasteiger partial charge in [0.05, 0.1) is 6.54 Å². The molecular weight excluding hydrogens is 226 g/mol. The summed E-state index contributed by atoms with van der Waals surface area (Å²) in [5.41, 5.74) is 0. The third-order valence-corrected chi connectivity index (χ3v) is 4.11. The quantitative estimate of drug-likeness (QED) is 0.711. The molecule has 1 saturated heterocycles. The molecule has 1 atom stereocenters. The third-order valence-electron chi connectivity index (χ3n) is 4.11. The van der Waals surface area contributed by atoms with E-state index >= 15 is 0 Å². The van der Waals surface area contributed by atoms with Crippen molar-refractivity contribution in [2.24, 2.45) is 5.92 Å². The molecule has 4 heteroatoms. The molecule has 2 N–H and O–H groups in total. The molecule has 2 aliphatic rings. The van der Waals surface area contributed by atoms with Crippen molar-refractivity contribution in [3.63, 3.8) is 0 Å². The Morgan fingerprint density at radius 2 is 2.11 bits per heavy atom. The smallest absolute Gasteiger partial charge is 0.234 e. The zero-order chi connectivity index (χ0) is 12.8. The molecule has 1 unspecified atom stereocenters. The SMILES string of the molecule is CNCCC1CCCCN1CC(=O)NCC1CC1. The average molecular weight is 253 g/mol.